The summed E-state index contributed by atoms with van der Waals surface area (Å²) in [6.07, 6.45) is 0. The van der Waals surface area contributed by atoms with Crippen molar-refractivity contribution in [3.63, 3.8) is 0 Å². The molecule has 0 saturated carbocycles. The number of carbonyl (C=O) groups is 1. The van der Waals surface area contributed by atoms with Gasteiger partial charge in [-0.05, 0) is 19.1 Å². The SMILES string of the molecule is Cc1ccc(-c2nc(SCC(=O)Nc3ccccc3F)n[nH]2)cc1. The van der Waals surface area contributed by atoms with Gasteiger partial charge in [0.1, 0.15) is 5.82 Å². The number of aryl methyl sites for hydroxylation is 1. The first-order valence-corrected chi connectivity index (χ1v) is 8.27. The number of carbonyl (C=O) groups excluding carboxylic acids is 1. The summed E-state index contributed by atoms with van der Waals surface area (Å²) in [5, 5.41) is 9.93. The van der Waals surface area contributed by atoms with Crippen LogP contribution in [0.5, 0.6) is 0 Å². The van der Waals surface area contributed by atoms with Crippen molar-refractivity contribution in [2.75, 3.05) is 11.1 Å². The fourth-order valence-corrected chi connectivity index (χ4v) is 2.63. The quantitative estimate of drug-likeness (QED) is 0.694. The van der Waals surface area contributed by atoms with Crippen molar-refractivity contribution >= 4 is 23.4 Å². The average molecular weight is 342 g/mol. The minimum Gasteiger partial charge on any atom is -0.323 e. The van der Waals surface area contributed by atoms with Gasteiger partial charge < -0.3 is 5.32 Å². The minimum absolute atomic E-state index is 0.0968. The Morgan fingerprint density at radius 2 is 1.96 bits per heavy atom. The molecule has 1 heterocycles. The molecule has 0 spiro atoms. The zero-order valence-electron chi connectivity index (χ0n) is 12.9. The highest BCUT2D eigenvalue weighted by atomic mass is 32.2. The second-order valence-electron chi connectivity index (χ2n) is 5.15. The van der Waals surface area contributed by atoms with Crippen LogP contribution in [-0.2, 0) is 4.79 Å². The molecule has 0 atom stereocenters. The van der Waals surface area contributed by atoms with Crippen LogP contribution in [0.4, 0.5) is 10.1 Å². The summed E-state index contributed by atoms with van der Waals surface area (Å²) in [7, 11) is 0. The maximum atomic E-state index is 13.5. The Labute approximate surface area is 142 Å². The molecule has 2 N–H and O–H groups in total. The summed E-state index contributed by atoms with van der Waals surface area (Å²) < 4.78 is 13.5. The van der Waals surface area contributed by atoms with Crippen molar-refractivity contribution in [2.45, 2.75) is 12.1 Å². The second-order valence-corrected chi connectivity index (χ2v) is 6.09. The lowest BCUT2D eigenvalue weighted by Crippen LogP contribution is -2.15. The summed E-state index contributed by atoms with van der Waals surface area (Å²) >= 11 is 1.18. The maximum Gasteiger partial charge on any atom is 0.234 e. The number of hydrogen-bond acceptors (Lipinski definition) is 4. The molecule has 2 aromatic carbocycles. The first-order chi connectivity index (χ1) is 11.6. The van der Waals surface area contributed by atoms with E-state index < -0.39 is 5.82 Å². The summed E-state index contributed by atoms with van der Waals surface area (Å²) in [5.74, 6) is -0.0336. The monoisotopic (exact) mass is 342 g/mol. The molecule has 5 nitrogen and oxygen atoms in total. The molecule has 24 heavy (non-hydrogen) atoms. The number of benzene rings is 2. The summed E-state index contributed by atoms with van der Waals surface area (Å²) in [4.78, 5) is 16.2. The van der Waals surface area contributed by atoms with Gasteiger partial charge in [0.2, 0.25) is 11.1 Å². The van der Waals surface area contributed by atoms with Crippen molar-refractivity contribution in [3.8, 4) is 11.4 Å². The number of halogens is 1. The van der Waals surface area contributed by atoms with E-state index in [0.29, 0.717) is 11.0 Å². The van der Waals surface area contributed by atoms with Crippen LogP contribution in [0.3, 0.4) is 0 Å². The number of hydrogen-bond donors (Lipinski definition) is 2. The first kappa shape index (κ1) is 16.2. The molecule has 0 unspecified atom stereocenters. The molecule has 1 amide bonds. The van der Waals surface area contributed by atoms with E-state index in [1.807, 2.05) is 31.2 Å². The molecule has 122 valence electrons. The predicted octanol–water partition coefficient (Wildman–Crippen LogP) is 3.65. The number of anilines is 1. The van der Waals surface area contributed by atoms with E-state index in [4.69, 9.17) is 0 Å². The number of amides is 1. The van der Waals surface area contributed by atoms with Crippen molar-refractivity contribution in [1.29, 1.82) is 0 Å². The Bertz CT molecular complexity index is 848. The molecular formula is C17H15FN4OS. The Balaban J connectivity index is 1.58. The largest absolute Gasteiger partial charge is 0.323 e. The van der Waals surface area contributed by atoms with E-state index in [9.17, 15) is 9.18 Å². The highest BCUT2D eigenvalue weighted by molar-refractivity contribution is 7.99. The van der Waals surface area contributed by atoms with Crippen LogP contribution in [0.15, 0.2) is 53.7 Å². The molecule has 7 heteroatoms. The Morgan fingerprint density at radius 1 is 1.21 bits per heavy atom. The molecule has 0 aliphatic rings. The third-order valence-electron chi connectivity index (χ3n) is 3.27. The number of H-pyrrole nitrogens is 1. The molecule has 0 aliphatic carbocycles. The standard InChI is InChI=1S/C17H15FN4OS/c1-11-6-8-12(9-7-11)16-20-17(22-21-16)24-10-15(23)19-14-5-3-2-4-13(14)18/h2-9H,10H2,1H3,(H,19,23)(H,20,21,22). The van der Waals surface area contributed by atoms with Crippen LogP contribution in [0.2, 0.25) is 0 Å². The molecule has 3 aromatic rings. The van der Waals surface area contributed by atoms with Gasteiger partial charge in [0, 0.05) is 5.56 Å². The number of nitrogens with zero attached hydrogens (tertiary/aromatic N) is 2. The summed E-state index contributed by atoms with van der Waals surface area (Å²) in [6.45, 7) is 2.01. The second kappa shape index (κ2) is 7.27. The number of aromatic nitrogens is 3. The Hall–Kier alpha value is -2.67. The lowest BCUT2D eigenvalue weighted by Gasteiger charge is -2.04. The number of para-hydroxylation sites is 1. The van der Waals surface area contributed by atoms with Crippen LogP contribution in [-0.4, -0.2) is 26.8 Å². The summed E-state index contributed by atoms with van der Waals surface area (Å²) in [5.41, 5.74) is 2.26. The molecule has 3 rings (SSSR count). The van der Waals surface area contributed by atoms with Crippen LogP contribution in [0.1, 0.15) is 5.56 Å². The van der Waals surface area contributed by atoms with Gasteiger partial charge in [-0.3, -0.25) is 9.89 Å². The highest BCUT2D eigenvalue weighted by Crippen LogP contribution is 2.20. The van der Waals surface area contributed by atoms with Crippen LogP contribution in [0, 0.1) is 12.7 Å². The normalized spacial score (nSPS) is 10.6. The average Bonchev–Trinajstić information content (AvgIpc) is 3.05. The van der Waals surface area contributed by atoms with E-state index in [1.54, 1.807) is 12.1 Å². The Kier molecular flexibility index (Phi) is 4.90. The smallest absolute Gasteiger partial charge is 0.234 e. The molecule has 0 fully saturated rings. The first-order valence-electron chi connectivity index (χ1n) is 7.28. The fraction of sp³-hybridized carbons (Fsp3) is 0.118. The van der Waals surface area contributed by atoms with E-state index in [-0.39, 0.29) is 17.3 Å². The van der Waals surface area contributed by atoms with Gasteiger partial charge in [-0.1, -0.05) is 53.7 Å². The number of rotatable bonds is 5. The maximum absolute atomic E-state index is 13.5. The van der Waals surface area contributed by atoms with Gasteiger partial charge in [0.15, 0.2) is 5.82 Å². The number of thioether (sulfide) groups is 1. The third-order valence-corrected chi connectivity index (χ3v) is 4.12. The van der Waals surface area contributed by atoms with Crippen molar-refractivity contribution in [1.82, 2.24) is 15.2 Å². The third kappa shape index (κ3) is 3.99. The summed E-state index contributed by atoms with van der Waals surface area (Å²) in [6, 6.07) is 13.9. The lowest BCUT2D eigenvalue weighted by molar-refractivity contribution is -0.113. The topological polar surface area (TPSA) is 70.7 Å². The van der Waals surface area contributed by atoms with Crippen molar-refractivity contribution in [2.24, 2.45) is 0 Å². The predicted molar refractivity (Wildman–Crippen MR) is 92.3 cm³/mol. The van der Waals surface area contributed by atoms with Crippen LogP contribution >= 0.6 is 11.8 Å². The lowest BCUT2D eigenvalue weighted by atomic mass is 10.1. The van der Waals surface area contributed by atoms with Crippen LogP contribution < -0.4 is 5.32 Å². The van der Waals surface area contributed by atoms with Gasteiger partial charge in [0.05, 0.1) is 11.4 Å². The highest BCUT2D eigenvalue weighted by Gasteiger charge is 2.10. The van der Waals surface area contributed by atoms with Gasteiger partial charge in [-0.25, -0.2) is 9.37 Å². The van der Waals surface area contributed by atoms with Crippen molar-refractivity contribution < 1.29 is 9.18 Å². The van der Waals surface area contributed by atoms with Gasteiger partial charge in [-0.2, -0.15) is 0 Å². The molecule has 0 radical (unpaired) electrons. The Morgan fingerprint density at radius 3 is 2.71 bits per heavy atom. The molecule has 0 saturated heterocycles. The zero-order valence-corrected chi connectivity index (χ0v) is 13.7. The number of nitrogens with one attached hydrogen (secondary N) is 2. The van der Waals surface area contributed by atoms with E-state index >= 15 is 0 Å². The van der Waals surface area contributed by atoms with Gasteiger partial charge in [0.25, 0.3) is 0 Å². The minimum atomic E-state index is -0.463. The molecule has 1 aromatic heterocycles. The molecular weight excluding hydrogens is 327 g/mol. The van der Waals surface area contributed by atoms with E-state index in [2.05, 4.69) is 20.5 Å². The van der Waals surface area contributed by atoms with E-state index in [1.165, 1.54) is 23.9 Å². The van der Waals surface area contributed by atoms with Gasteiger partial charge >= 0.3 is 0 Å². The molecule has 0 aliphatic heterocycles. The van der Waals surface area contributed by atoms with Crippen LogP contribution in [0.25, 0.3) is 11.4 Å². The zero-order chi connectivity index (χ0) is 16.9. The van der Waals surface area contributed by atoms with E-state index in [0.717, 1.165) is 11.1 Å². The molecule has 0 bridgehead atoms. The number of aromatic amines is 1. The van der Waals surface area contributed by atoms with Crippen molar-refractivity contribution in [3.05, 3.63) is 59.9 Å². The fourth-order valence-electron chi connectivity index (χ4n) is 2.03. The van der Waals surface area contributed by atoms with Gasteiger partial charge in [-0.15, -0.1) is 5.10 Å².